The first kappa shape index (κ1) is 14.5. The van der Waals surface area contributed by atoms with Gasteiger partial charge in [0.2, 0.25) is 0 Å². The van der Waals surface area contributed by atoms with Crippen LogP contribution in [-0.2, 0) is 11.2 Å². The summed E-state index contributed by atoms with van der Waals surface area (Å²) in [5, 5.41) is 9.00. The summed E-state index contributed by atoms with van der Waals surface area (Å²) in [6, 6.07) is 2.14. The average Bonchev–Trinajstić information content (AvgIpc) is 2.49. The molecule has 7 nitrogen and oxygen atoms in total. The zero-order chi connectivity index (χ0) is 14.5. The molecule has 1 aliphatic rings. The van der Waals surface area contributed by atoms with E-state index >= 15 is 0 Å². The van der Waals surface area contributed by atoms with Crippen LogP contribution in [0.2, 0.25) is 0 Å². The molecular weight excluding hydrogens is 256 g/mol. The van der Waals surface area contributed by atoms with E-state index in [2.05, 4.69) is 33.3 Å². The Labute approximate surface area is 118 Å². The molecule has 0 saturated carbocycles. The van der Waals surface area contributed by atoms with Gasteiger partial charge in [-0.3, -0.25) is 0 Å². The second-order valence-electron chi connectivity index (χ2n) is 4.77. The molecule has 1 fully saturated rings. The first-order valence-corrected chi connectivity index (χ1v) is 6.79. The SMILES string of the molecule is CCCc1nc(NN)c(C)c(N2CCOC(C#N)C2)n1. The fourth-order valence-corrected chi connectivity index (χ4v) is 2.25. The fraction of sp³-hybridized carbons (Fsp3) is 0.615. The first-order valence-electron chi connectivity index (χ1n) is 6.79. The second-order valence-corrected chi connectivity index (χ2v) is 4.77. The van der Waals surface area contributed by atoms with Crippen molar-refractivity contribution >= 4 is 11.6 Å². The van der Waals surface area contributed by atoms with E-state index in [1.54, 1.807) is 0 Å². The van der Waals surface area contributed by atoms with Gasteiger partial charge in [-0.25, -0.2) is 15.8 Å². The minimum Gasteiger partial charge on any atom is -0.360 e. The van der Waals surface area contributed by atoms with Crippen molar-refractivity contribution in [2.45, 2.75) is 32.8 Å². The number of hydrogen-bond donors (Lipinski definition) is 2. The molecule has 1 aromatic rings. The maximum Gasteiger partial charge on any atom is 0.161 e. The Hall–Kier alpha value is -1.91. The molecule has 108 valence electrons. The molecule has 2 heterocycles. The summed E-state index contributed by atoms with van der Waals surface area (Å²) in [7, 11) is 0. The van der Waals surface area contributed by atoms with Gasteiger partial charge in [0.25, 0.3) is 0 Å². The van der Waals surface area contributed by atoms with Gasteiger partial charge >= 0.3 is 0 Å². The minimum atomic E-state index is -0.415. The molecular formula is C13H20N6O. The topological polar surface area (TPSA) is 100 Å². The summed E-state index contributed by atoms with van der Waals surface area (Å²) in [6.07, 6.45) is 1.35. The highest BCUT2D eigenvalue weighted by molar-refractivity contribution is 5.58. The molecule has 7 heteroatoms. The Balaban J connectivity index is 2.34. The van der Waals surface area contributed by atoms with Crippen LogP contribution in [0.3, 0.4) is 0 Å². The Kier molecular flexibility index (Phi) is 4.71. The normalized spacial score (nSPS) is 18.7. The van der Waals surface area contributed by atoms with Crippen LogP contribution in [0.25, 0.3) is 0 Å². The maximum absolute atomic E-state index is 9.00. The summed E-state index contributed by atoms with van der Waals surface area (Å²) in [4.78, 5) is 11.1. The number of nitrogens with one attached hydrogen (secondary N) is 1. The number of aryl methyl sites for hydroxylation is 1. The van der Waals surface area contributed by atoms with Crippen LogP contribution >= 0.6 is 0 Å². The predicted octanol–water partition coefficient (Wildman–Crippen LogP) is 0.752. The van der Waals surface area contributed by atoms with Crippen molar-refractivity contribution in [3.8, 4) is 6.07 Å². The number of morpholine rings is 1. The lowest BCUT2D eigenvalue weighted by Gasteiger charge is -2.32. The molecule has 20 heavy (non-hydrogen) atoms. The molecule has 1 aromatic heterocycles. The van der Waals surface area contributed by atoms with Crippen LogP contribution in [0.1, 0.15) is 24.7 Å². The predicted molar refractivity (Wildman–Crippen MR) is 76.1 cm³/mol. The summed E-state index contributed by atoms with van der Waals surface area (Å²) >= 11 is 0. The Morgan fingerprint density at radius 1 is 1.55 bits per heavy atom. The van der Waals surface area contributed by atoms with E-state index in [1.165, 1.54) is 0 Å². The number of hydrazine groups is 1. The van der Waals surface area contributed by atoms with E-state index in [9.17, 15) is 0 Å². The zero-order valence-corrected chi connectivity index (χ0v) is 11.9. The van der Waals surface area contributed by atoms with Crippen LogP contribution in [0.5, 0.6) is 0 Å². The van der Waals surface area contributed by atoms with Crippen molar-refractivity contribution in [1.29, 1.82) is 5.26 Å². The van der Waals surface area contributed by atoms with E-state index in [0.717, 1.165) is 30.0 Å². The molecule has 0 bridgehead atoms. The highest BCUT2D eigenvalue weighted by Gasteiger charge is 2.24. The van der Waals surface area contributed by atoms with Crippen molar-refractivity contribution in [3.63, 3.8) is 0 Å². The quantitative estimate of drug-likeness (QED) is 0.618. The van der Waals surface area contributed by atoms with E-state index in [-0.39, 0.29) is 0 Å². The highest BCUT2D eigenvalue weighted by Crippen LogP contribution is 2.25. The number of ether oxygens (including phenoxy) is 1. The molecule has 3 N–H and O–H groups in total. The van der Waals surface area contributed by atoms with Crippen LogP contribution in [-0.4, -0.2) is 35.8 Å². The summed E-state index contributed by atoms with van der Waals surface area (Å²) in [5.74, 6) is 7.77. The third-order valence-corrected chi connectivity index (χ3v) is 3.29. The number of nitrogen functional groups attached to an aromatic ring is 1. The molecule has 1 atom stereocenters. The number of anilines is 2. The fourth-order valence-electron chi connectivity index (χ4n) is 2.25. The number of hydrogen-bond acceptors (Lipinski definition) is 7. The molecule has 0 spiro atoms. The molecule has 0 amide bonds. The first-order chi connectivity index (χ1) is 9.69. The lowest BCUT2D eigenvalue weighted by Crippen LogP contribution is -2.42. The smallest absolute Gasteiger partial charge is 0.161 e. The maximum atomic E-state index is 9.00. The monoisotopic (exact) mass is 276 g/mol. The van der Waals surface area contributed by atoms with Crippen LogP contribution < -0.4 is 16.2 Å². The lowest BCUT2D eigenvalue weighted by molar-refractivity contribution is 0.0761. The van der Waals surface area contributed by atoms with E-state index < -0.39 is 6.10 Å². The number of nitrogens with zero attached hydrogens (tertiary/aromatic N) is 4. The van der Waals surface area contributed by atoms with Gasteiger partial charge in [0.1, 0.15) is 17.5 Å². The number of rotatable bonds is 4. The van der Waals surface area contributed by atoms with Gasteiger partial charge in [-0.2, -0.15) is 5.26 Å². The van der Waals surface area contributed by atoms with E-state index in [0.29, 0.717) is 25.5 Å². The molecule has 0 aromatic carbocycles. The van der Waals surface area contributed by atoms with Gasteiger partial charge < -0.3 is 15.1 Å². The van der Waals surface area contributed by atoms with Gasteiger partial charge in [0.05, 0.1) is 19.2 Å². The third kappa shape index (κ3) is 2.98. The van der Waals surface area contributed by atoms with E-state index in [4.69, 9.17) is 15.8 Å². The molecule has 0 aliphatic carbocycles. The van der Waals surface area contributed by atoms with E-state index in [1.807, 2.05) is 6.92 Å². The summed E-state index contributed by atoms with van der Waals surface area (Å²) < 4.78 is 5.37. The molecule has 1 saturated heterocycles. The number of nitrogens with two attached hydrogens (primary N) is 1. The number of nitriles is 1. The lowest BCUT2D eigenvalue weighted by atomic mass is 10.2. The van der Waals surface area contributed by atoms with Crippen molar-refractivity contribution < 1.29 is 4.74 Å². The van der Waals surface area contributed by atoms with Crippen LogP contribution in [0, 0.1) is 18.3 Å². The molecule has 1 unspecified atom stereocenters. The number of aromatic nitrogens is 2. The summed E-state index contributed by atoms with van der Waals surface area (Å²) in [5.41, 5.74) is 3.52. The van der Waals surface area contributed by atoms with Gasteiger partial charge in [0.15, 0.2) is 6.10 Å². The molecule has 0 radical (unpaired) electrons. The van der Waals surface area contributed by atoms with Gasteiger partial charge in [-0.05, 0) is 13.3 Å². The molecule has 1 aliphatic heterocycles. The Morgan fingerprint density at radius 3 is 3.00 bits per heavy atom. The van der Waals surface area contributed by atoms with Crippen LogP contribution in [0.4, 0.5) is 11.6 Å². The standard InChI is InChI=1S/C13H20N6O/c1-3-4-11-16-12(18-15)9(2)13(17-11)19-5-6-20-10(7-14)8-19/h10H,3-6,8,15H2,1-2H3,(H,16,17,18). The van der Waals surface area contributed by atoms with Crippen LogP contribution in [0.15, 0.2) is 0 Å². The molecule has 2 rings (SSSR count). The minimum absolute atomic E-state index is 0.415. The summed E-state index contributed by atoms with van der Waals surface area (Å²) in [6.45, 7) is 5.77. The zero-order valence-electron chi connectivity index (χ0n) is 11.9. The highest BCUT2D eigenvalue weighted by atomic mass is 16.5. The second kappa shape index (κ2) is 6.50. The van der Waals surface area contributed by atoms with Gasteiger partial charge in [-0.15, -0.1) is 0 Å². The Bertz CT molecular complexity index is 512. The van der Waals surface area contributed by atoms with Gasteiger partial charge in [-0.1, -0.05) is 6.92 Å². The third-order valence-electron chi connectivity index (χ3n) is 3.29. The largest absolute Gasteiger partial charge is 0.360 e. The van der Waals surface area contributed by atoms with Crippen molar-refractivity contribution in [1.82, 2.24) is 9.97 Å². The van der Waals surface area contributed by atoms with Crippen molar-refractivity contribution in [3.05, 3.63) is 11.4 Å². The average molecular weight is 276 g/mol. The van der Waals surface area contributed by atoms with Crippen molar-refractivity contribution in [2.24, 2.45) is 5.84 Å². The van der Waals surface area contributed by atoms with Crippen molar-refractivity contribution in [2.75, 3.05) is 30.0 Å². The van der Waals surface area contributed by atoms with Gasteiger partial charge in [0, 0.05) is 18.5 Å². The Morgan fingerprint density at radius 2 is 2.35 bits per heavy atom.